The van der Waals surface area contributed by atoms with Crippen molar-refractivity contribution in [2.24, 2.45) is 0 Å². The van der Waals surface area contributed by atoms with Crippen molar-refractivity contribution in [3.8, 4) is 11.5 Å². The predicted octanol–water partition coefficient (Wildman–Crippen LogP) is 10.9. The maximum Gasteiger partial charge on any atom is 0.335 e. The first-order valence-electron chi connectivity index (χ1n) is 27.3. The highest BCUT2D eigenvalue weighted by Crippen LogP contribution is 2.44. The van der Waals surface area contributed by atoms with Crippen LogP contribution in [0.15, 0.2) is 194 Å². The number of aromatic hydroxyl groups is 1. The van der Waals surface area contributed by atoms with Gasteiger partial charge in [0.1, 0.15) is 28.8 Å². The molecule has 0 atom stereocenters. The molecule has 2 aromatic heterocycles. The van der Waals surface area contributed by atoms with E-state index in [4.69, 9.17) is 4.74 Å². The van der Waals surface area contributed by atoms with Crippen LogP contribution in [-0.4, -0.2) is 72.5 Å². The van der Waals surface area contributed by atoms with E-state index in [1.165, 1.54) is 47.5 Å². The number of amides is 5. The van der Waals surface area contributed by atoms with Crippen LogP contribution in [0.3, 0.4) is 0 Å². The van der Waals surface area contributed by atoms with Gasteiger partial charge in [-0.3, -0.25) is 33.9 Å². The fourth-order valence-electron chi connectivity index (χ4n) is 10.8. The molecule has 0 bridgehead atoms. The Balaban J connectivity index is 0.000000186. The number of benzene rings is 8. The van der Waals surface area contributed by atoms with Crippen LogP contribution in [0.4, 0.5) is 8.78 Å². The van der Waals surface area contributed by atoms with Crippen molar-refractivity contribution in [2.75, 3.05) is 7.05 Å². The van der Waals surface area contributed by atoms with Gasteiger partial charge in [-0.2, -0.15) is 0 Å². The van der Waals surface area contributed by atoms with Gasteiger partial charge >= 0.3 is 5.97 Å². The van der Waals surface area contributed by atoms with Crippen molar-refractivity contribution in [3.63, 3.8) is 0 Å². The number of halogens is 2. The zero-order valence-corrected chi connectivity index (χ0v) is 46.1. The molecule has 5 N–H and O–H groups in total. The standard InChI is InChI=1S/C40H30FN3O5.C28H23FN4O4/c41-30-18-16-25(17-19-30)23-44-24-32-33(38(45)43-22-26-9-7-14-29(21-26)40(47)48)31-15-8-20-42-35(31)37(34(32)39(44)46)49-36(27-10-3-1-4-11-27)28-12-5-2-6-13-28;1-30-26(35)18-5-2-4-17(12-18)13-32-27(36)22-20-6-3-11-31-24(20)25(34)23-21(22)15-33(28(23)37)14-16-7-9-19(29)10-8-16/h1-21,36H,22-24H2,(H,43,45)(H,47,48);2-12,34H,13-15H2,1H3,(H,30,35)(H,32,36). The Kier molecular flexibility index (Phi) is 16.3. The average Bonchev–Trinajstić information content (AvgIpc) is 1.69. The third kappa shape index (κ3) is 11.8. The third-order valence-corrected chi connectivity index (χ3v) is 14.9. The summed E-state index contributed by atoms with van der Waals surface area (Å²) < 4.78 is 33.9. The Bertz CT molecular complexity index is 4240. The van der Waals surface area contributed by atoms with Gasteiger partial charge in [0.05, 0.1) is 27.8 Å². The topological polar surface area (TPSA) is 220 Å². The number of hydrogen-bond donors (Lipinski definition) is 5. The number of rotatable bonds is 16. The van der Waals surface area contributed by atoms with E-state index in [0.717, 1.165) is 22.3 Å². The minimum atomic E-state index is -1.07. The number of phenolic OH excluding ortho intramolecular Hbond substituents is 1. The van der Waals surface area contributed by atoms with Gasteiger partial charge in [0.25, 0.3) is 29.5 Å². The SMILES string of the molecule is CNC(=O)c1cccc(CNC(=O)c2c3c(c(O)c4ncccc24)C(=O)N(Cc2ccc(F)cc2)C3)c1.O=C(O)c1cccc(CNC(=O)c2c3c(c(OC(c4ccccc4)c4ccccc4)c4ncccc24)C(=O)N(Cc2ccc(F)cc2)C3)c1. The quantitative estimate of drug-likeness (QED) is 0.0612. The second kappa shape index (κ2) is 24.8. The Morgan fingerprint density at radius 1 is 0.547 bits per heavy atom. The summed E-state index contributed by atoms with van der Waals surface area (Å²) in [6.07, 6.45) is 2.48. The number of carboxylic acids is 1. The molecular weight excluding hydrogens is 1100 g/mol. The first-order chi connectivity index (χ1) is 41.7. The largest absolute Gasteiger partial charge is 0.505 e. The van der Waals surface area contributed by atoms with E-state index in [1.807, 2.05) is 60.7 Å². The molecule has 86 heavy (non-hydrogen) atoms. The minimum absolute atomic E-state index is 0.0417. The van der Waals surface area contributed by atoms with Gasteiger partial charge in [0.15, 0.2) is 11.5 Å². The van der Waals surface area contributed by atoms with Gasteiger partial charge < -0.3 is 40.7 Å². The van der Waals surface area contributed by atoms with Gasteiger partial charge in [-0.15, -0.1) is 0 Å². The van der Waals surface area contributed by atoms with Crippen LogP contribution < -0.4 is 20.7 Å². The fourth-order valence-corrected chi connectivity index (χ4v) is 10.8. The molecule has 10 aromatic rings. The van der Waals surface area contributed by atoms with Crippen LogP contribution in [0.5, 0.6) is 11.5 Å². The zero-order chi connectivity index (χ0) is 60.0. The number of aromatic nitrogens is 2. The maximum absolute atomic E-state index is 14.4. The molecule has 0 saturated carbocycles. The van der Waals surface area contributed by atoms with Gasteiger partial charge in [-0.05, 0) is 94.0 Å². The van der Waals surface area contributed by atoms with Crippen LogP contribution in [-0.2, 0) is 39.3 Å². The summed E-state index contributed by atoms with van der Waals surface area (Å²) in [6, 6.07) is 51.2. The molecule has 12 rings (SSSR count). The van der Waals surface area contributed by atoms with Crippen molar-refractivity contribution < 1.29 is 52.5 Å². The number of ether oxygens (including phenoxy) is 1. The Labute approximate surface area is 491 Å². The highest BCUT2D eigenvalue weighted by atomic mass is 19.1. The van der Waals surface area contributed by atoms with Gasteiger partial charge in [-0.1, -0.05) is 121 Å². The van der Waals surface area contributed by atoms with Crippen LogP contribution >= 0.6 is 0 Å². The molecule has 2 aliphatic heterocycles. The molecule has 16 nitrogen and oxygen atoms in total. The van der Waals surface area contributed by atoms with Crippen LogP contribution in [0.1, 0.15) is 113 Å². The summed E-state index contributed by atoms with van der Waals surface area (Å²) in [5.41, 5.74) is 7.30. The van der Waals surface area contributed by atoms with Crippen LogP contribution in [0, 0.1) is 11.6 Å². The zero-order valence-electron chi connectivity index (χ0n) is 46.1. The van der Waals surface area contributed by atoms with Gasteiger partial charge in [0, 0.05) is 86.2 Å². The van der Waals surface area contributed by atoms with E-state index in [2.05, 4.69) is 25.9 Å². The molecule has 0 radical (unpaired) electrons. The number of hydrogen-bond acceptors (Lipinski definition) is 10. The lowest BCUT2D eigenvalue weighted by Gasteiger charge is -2.23. The summed E-state index contributed by atoms with van der Waals surface area (Å²) in [4.78, 5) is 90.8. The van der Waals surface area contributed by atoms with Crippen molar-refractivity contribution in [1.29, 1.82) is 0 Å². The summed E-state index contributed by atoms with van der Waals surface area (Å²) in [7, 11) is 1.54. The number of nitrogens with one attached hydrogen (secondary N) is 3. The first kappa shape index (κ1) is 56.7. The number of fused-ring (bicyclic) bond motifs is 4. The minimum Gasteiger partial charge on any atom is -0.505 e. The number of phenols is 1. The van der Waals surface area contributed by atoms with Gasteiger partial charge in [-0.25, -0.2) is 13.6 Å². The number of pyridine rings is 2. The molecule has 2 aliphatic rings. The molecule has 18 heteroatoms. The molecule has 0 fully saturated rings. The summed E-state index contributed by atoms with van der Waals surface area (Å²) in [5, 5.41) is 29.7. The molecule has 8 aromatic carbocycles. The predicted molar refractivity (Wildman–Crippen MR) is 316 cm³/mol. The molecule has 4 heterocycles. The highest BCUT2D eigenvalue weighted by molar-refractivity contribution is 6.17. The number of carbonyl (C=O) groups excluding carboxylic acids is 5. The smallest absolute Gasteiger partial charge is 0.335 e. The van der Waals surface area contributed by atoms with E-state index in [0.29, 0.717) is 44.1 Å². The van der Waals surface area contributed by atoms with Crippen molar-refractivity contribution in [3.05, 3.63) is 284 Å². The number of carbonyl (C=O) groups is 6. The first-order valence-corrected chi connectivity index (χ1v) is 27.3. The molecule has 0 spiro atoms. The van der Waals surface area contributed by atoms with E-state index in [1.54, 1.807) is 103 Å². The Hall–Kier alpha value is -11.1. The highest BCUT2D eigenvalue weighted by Gasteiger charge is 2.39. The van der Waals surface area contributed by atoms with Crippen LogP contribution in [0.2, 0.25) is 0 Å². The molecule has 5 amide bonds. The maximum atomic E-state index is 14.4. The second-order valence-electron chi connectivity index (χ2n) is 20.5. The van der Waals surface area contributed by atoms with E-state index >= 15 is 0 Å². The Morgan fingerprint density at radius 2 is 1.01 bits per heavy atom. The normalized spacial score (nSPS) is 12.4. The lowest BCUT2D eigenvalue weighted by atomic mass is 9.95. The van der Waals surface area contributed by atoms with Gasteiger partial charge in [0.2, 0.25) is 0 Å². The summed E-state index contributed by atoms with van der Waals surface area (Å²) in [5.74, 6) is -3.72. The number of nitrogens with zero attached hydrogens (tertiary/aromatic N) is 4. The summed E-state index contributed by atoms with van der Waals surface area (Å²) in [6.45, 7) is 0.774. The molecule has 428 valence electrons. The van der Waals surface area contributed by atoms with E-state index in [9.17, 15) is 47.8 Å². The molecule has 0 aliphatic carbocycles. The number of carboxylic acid groups (broad SMARTS) is 1. The molecular formula is C68H53F2N7O9. The van der Waals surface area contributed by atoms with E-state index < -0.39 is 29.8 Å². The lowest BCUT2D eigenvalue weighted by Crippen LogP contribution is -2.25. The van der Waals surface area contributed by atoms with E-state index in [-0.39, 0.29) is 108 Å². The van der Waals surface area contributed by atoms with Crippen molar-refractivity contribution in [1.82, 2.24) is 35.7 Å². The van der Waals surface area contributed by atoms with Crippen molar-refractivity contribution >= 4 is 57.3 Å². The second-order valence-corrected chi connectivity index (χ2v) is 20.5. The monoisotopic (exact) mass is 1150 g/mol. The average molecular weight is 1150 g/mol. The summed E-state index contributed by atoms with van der Waals surface area (Å²) >= 11 is 0. The van der Waals surface area contributed by atoms with Crippen LogP contribution in [0.25, 0.3) is 21.8 Å². The fraction of sp³-hybridized carbons (Fsp3) is 0.118. The third-order valence-electron chi connectivity index (χ3n) is 14.9. The van der Waals surface area contributed by atoms with Crippen molar-refractivity contribution in [2.45, 2.75) is 45.4 Å². The molecule has 0 saturated heterocycles. The molecule has 0 unspecified atom stereocenters. The number of aromatic carboxylic acids is 1. The Morgan fingerprint density at radius 3 is 1.52 bits per heavy atom. The lowest BCUT2D eigenvalue weighted by molar-refractivity contribution is 0.0694.